The fraction of sp³-hybridized carbons (Fsp3) is 0.500. The first-order valence-corrected chi connectivity index (χ1v) is 5.50. The summed E-state index contributed by atoms with van der Waals surface area (Å²) in [6.45, 7) is 1.70. The molecule has 1 aliphatic rings. The monoisotopic (exact) mass is 263 g/mol. The summed E-state index contributed by atoms with van der Waals surface area (Å²) in [6, 6.07) is 0. The zero-order chi connectivity index (χ0) is 13.8. The number of halogens is 3. The van der Waals surface area contributed by atoms with E-state index in [0.29, 0.717) is 18.0 Å². The van der Waals surface area contributed by atoms with Gasteiger partial charge < -0.3 is 14.7 Å². The Labute approximate surface area is 104 Å². The molecule has 0 saturated carbocycles. The summed E-state index contributed by atoms with van der Waals surface area (Å²) in [7, 11) is 1.69. The molecule has 0 unspecified atom stereocenters. The van der Waals surface area contributed by atoms with Crippen LogP contribution in [0.5, 0.6) is 0 Å². The molecule has 0 atom stereocenters. The molecule has 0 fully saturated rings. The van der Waals surface area contributed by atoms with Crippen LogP contribution in [0.2, 0.25) is 0 Å². The number of nitrogens with zero attached hydrogens (tertiary/aromatic N) is 1. The largest absolute Gasteiger partial charge is 0.508 e. The smallest absolute Gasteiger partial charge is 0.392 e. The van der Waals surface area contributed by atoms with Gasteiger partial charge in [-0.05, 0) is 25.2 Å². The van der Waals surface area contributed by atoms with Crippen molar-refractivity contribution < 1.29 is 23.0 Å². The Morgan fingerprint density at radius 2 is 2.17 bits per heavy atom. The molecule has 0 aromatic carbocycles. The van der Waals surface area contributed by atoms with Crippen LogP contribution in [0.25, 0.3) is 0 Å². The number of hydrogen-bond donors (Lipinski definition) is 1. The zero-order valence-electron chi connectivity index (χ0n) is 10.3. The average molecular weight is 263 g/mol. The lowest BCUT2D eigenvalue weighted by atomic mass is 10.1. The number of allylic oxidation sites excluding steroid dienone is 3. The lowest BCUT2D eigenvalue weighted by molar-refractivity contribution is -0.143. The van der Waals surface area contributed by atoms with E-state index in [-0.39, 0.29) is 5.76 Å². The zero-order valence-corrected chi connectivity index (χ0v) is 10.3. The van der Waals surface area contributed by atoms with Gasteiger partial charge in [-0.15, -0.1) is 0 Å². The third-order valence-electron chi connectivity index (χ3n) is 2.45. The van der Waals surface area contributed by atoms with Crippen LogP contribution >= 0.6 is 0 Å². The van der Waals surface area contributed by atoms with Crippen molar-refractivity contribution in [3.8, 4) is 0 Å². The quantitative estimate of drug-likeness (QED) is 0.791. The van der Waals surface area contributed by atoms with E-state index < -0.39 is 19.2 Å². The summed E-state index contributed by atoms with van der Waals surface area (Å²) in [6.07, 6.45) is -0.441. The Morgan fingerprint density at radius 3 is 2.67 bits per heavy atom. The van der Waals surface area contributed by atoms with E-state index in [1.54, 1.807) is 37.1 Å². The maximum absolute atomic E-state index is 12.0. The highest BCUT2D eigenvalue weighted by atomic mass is 19.4. The number of ether oxygens (including phenoxy) is 1. The van der Waals surface area contributed by atoms with Crippen molar-refractivity contribution in [1.82, 2.24) is 4.90 Å². The third kappa shape index (κ3) is 4.35. The van der Waals surface area contributed by atoms with Crippen LogP contribution in [0.3, 0.4) is 0 Å². The van der Waals surface area contributed by atoms with Crippen molar-refractivity contribution in [2.75, 3.05) is 20.2 Å². The lowest BCUT2D eigenvalue weighted by Gasteiger charge is -2.26. The SMILES string of the molecule is CC=C(O)C1=CC=C(OCCC(F)(F)F)N(C)C1. The van der Waals surface area contributed by atoms with Crippen molar-refractivity contribution >= 4 is 0 Å². The average Bonchev–Trinajstić information content (AvgIpc) is 2.28. The standard InChI is InChI=1S/C12H16F3NO2/c1-3-10(17)9-4-5-11(16(2)8-9)18-7-6-12(13,14)15/h3-5,17H,6-8H2,1-2H3. The van der Waals surface area contributed by atoms with Gasteiger partial charge in [-0.25, -0.2) is 0 Å². The topological polar surface area (TPSA) is 32.7 Å². The number of alkyl halides is 3. The molecule has 0 amide bonds. The second-order valence-electron chi connectivity index (χ2n) is 3.94. The van der Waals surface area contributed by atoms with E-state index >= 15 is 0 Å². The van der Waals surface area contributed by atoms with Crippen molar-refractivity contribution in [3.05, 3.63) is 35.4 Å². The van der Waals surface area contributed by atoms with E-state index in [1.807, 2.05) is 0 Å². The Balaban J connectivity index is 2.57. The normalized spacial score (nSPS) is 17.4. The van der Waals surface area contributed by atoms with Gasteiger partial charge in [-0.3, -0.25) is 0 Å². The molecular formula is C12H16F3NO2. The summed E-state index contributed by atoms with van der Waals surface area (Å²) in [4.78, 5) is 1.64. The maximum atomic E-state index is 12.0. The minimum atomic E-state index is -4.21. The minimum absolute atomic E-state index is 0.160. The number of aliphatic hydroxyl groups is 1. The fourth-order valence-corrected chi connectivity index (χ4v) is 1.47. The van der Waals surface area contributed by atoms with Gasteiger partial charge in [0.05, 0.1) is 13.0 Å². The number of likely N-dealkylation sites (N-methyl/N-ethyl adjacent to an activating group) is 1. The predicted molar refractivity (Wildman–Crippen MR) is 61.8 cm³/mol. The van der Waals surface area contributed by atoms with Crippen molar-refractivity contribution in [2.45, 2.75) is 19.5 Å². The van der Waals surface area contributed by atoms with Crippen molar-refractivity contribution in [3.63, 3.8) is 0 Å². The maximum Gasteiger partial charge on any atom is 0.392 e. The highest BCUT2D eigenvalue weighted by Gasteiger charge is 2.27. The fourth-order valence-electron chi connectivity index (χ4n) is 1.47. The molecule has 18 heavy (non-hydrogen) atoms. The molecule has 1 N–H and O–H groups in total. The highest BCUT2D eigenvalue weighted by Crippen LogP contribution is 2.22. The second-order valence-corrected chi connectivity index (χ2v) is 3.94. The molecule has 1 rings (SSSR count). The number of rotatable bonds is 4. The van der Waals surface area contributed by atoms with Crippen LogP contribution in [0.15, 0.2) is 35.4 Å². The molecular weight excluding hydrogens is 247 g/mol. The molecule has 0 aromatic heterocycles. The third-order valence-corrected chi connectivity index (χ3v) is 2.45. The summed E-state index contributed by atoms with van der Waals surface area (Å²) in [5, 5.41) is 9.52. The van der Waals surface area contributed by atoms with E-state index in [4.69, 9.17) is 4.74 Å². The Morgan fingerprint density at radius 1 is 1.50 bits per heavy atom. The molecule has 1 aliphatic heterocycles. The van der Waals surface area contributed by atoms with Crippen molar-refractivity contribution in [2.24, 2.45) is 0 Å². The van der Waals surface area contributed by atoms with Gasteiger partial charge >= 0.3 is 6.18 Å². The predicted octanol–water partition coefficient (Wildman–Crippen LogP) is 3.13. The molecule has 3 nitrogen and oxygen atoms in total. The first-order chi connectivity index (χ1) is 8.33. The summed E-state index contributed by atoms with van der Waals surface area (Å²) >= 11 is 0. The molecule has 0 bridgehead atoms. The highest BCUT2D eigenvalue weighted by molar-refractivity contribution is 5.33. The van der Waals surface area contributed by atoms with Crippen LogP contribution < -0.4 is 0 Å². The molecule has 0 radical (unpaired) electrons. The minimum Gasteiger partial charge on any atom is -0.508 e. The number of hydrogen-bond acceptors (Lipinski definition) is 3. The van der Waals surface area contributed by atoms with Crippen LogP contribution in [-0.2, 0) is 4.74 Å². The first kappa shape index (κ1) is 14.5. The van der Waals surface area contributed by atoms with Gasteiger partial charge in [-0.2, -0.15) is 13.2 Å². The van der Waals surface area contributed by atoms with E-state index in [2.05, 4.69) is 0 Å². The summed E-state index contributed by atoms with van der Waals surface area (Å²) in [5.41, 5.74) is 0.697. The van der Waals surface area contributed by atoms with Gasteiger partial charge in [0.15, 0.2) is 5.88 Å². The van der Waals surface area contributed by atoms with E-state index in [9.17, 15) is 18.3 Å². The van der Waals surface area contributed by atoms with Gasteiger partial charge in [-0.1, -0.05) is 0 Å². The van der Waals surface area contributed by atoms with Crippen LogP contribution in [-0.4, -0.2) is 36.4 Å². The van der Waals surface area contributed by atoms with Gasteiger partial charge in [0.1, 0.15) is 5.76 Å². The van der Waals surface area contributed by atoms with Gasteiger partial charge in [0.25, 0.3) is 0 Å². The molecule has 6 heteroatoms. The van der Waals surface area contributed by atoms with Gasteiger partial charge in [0, 0.05) is 19.2 Å². The van der Waals surface area contributed by atoms with Crippen LogP contribution in [0, 0.1) is 0 Å². The molecule has 0 aliphatic carbocycles. The first-order valence-electron chi connectivity index (χ1n) is 5.50. The Kier molecular flexibility index (Phi) is 4.69. The molecule has 102 valence electrons. The van der Waals surface area contributed by atoms with E-state index in [0.717, 1.165) is 0 Å². The summed E-state index contributed by atoms with van der Waals surface area (Å²) in [5.74, 6) is 0.527. The Hall–Kier alpha value is -1.59. The second kappa shape index (κ2) is 5.84. The molecule has 0 spiro atoms. The van der Waals surface area contributed by atoms with Gasteiger partial charge in [0.2, 0.25) is 0 Å². The summed E-state index contributed by atoms with van der Waals surface area (Å²) < 4.78 is 40.9. The lowest BCUT2D eigenvalue weighted by Crippen LogP contribution is -2.26. The van der Waals surface area contributed by atoms with E-state index in [1.165, 1.54) is 0 Å². The van der Waals surface area contributed by atoms with Crippen LogP contribution in [0.1, 0.15) is 13.3 Å². The number of aliphatic hydroxyl groups excluding tert-OH is 1. The van der Waals surface area contributed by atoms with Crippen molar-refractivity contribution in [1.29, 1.82) is 0 Å². The van der Waals surface area contributed by atoms with Crippen LogP contribution in [0.4, 0.5) is 13.2 Å². The molecule has 0 saturated heterocycles. The molecule has 0 aromatic rings. The Bertz CT molecular complexity index is 383. The molecule has 1 heterocycles.